The van der Waals surface area contributed by atoms with Gasteiger partial charge >= 0.3 is 0 Å². The third-order valence-electron chi connectivity index (χ3n) is 5.67. The van der Waals surface area contributed by atoms with Crippen molar-refractivity contribution in [3.8, 4) is 0 Å². The molecule has 0 atom stereocenters. The van der Waals surface area contributed by atoms with E-state index in [1.165, 1.54) is 0 Å². The summed E-state index contributed by atoms with van der Waals surface area (Å²) in [5, 5.41) is 17.3. The summed E-state index contributed by atoms with van der Waals surface area (Å²) < 4.78 is 8.93. The average molecular weight is 487 g/mol. The van der Waals surface area contributed by atoms with Gasteiger partial charge in [-0.3, -0.25) is 14.2 Å². The lowest BCUT2D eigenvalue weighted by atomic mass is 10.1. The topological polar surface area (TPSA) is 90.8 Å². The van der Waals surface area contributed by atoms with Gasteiger partial charge in [0.25, 0.3) is 5.91 Å². The molecule has 10 heteroatoms. The van der Waals surface area contributed by atoms with E-state index in [0.717, 1.165) is 22.6 Å². The van der Waals surface area contributed by atoms with Crippen molar-refractivity contribution in [1.29, 1.82) is 0 Å². The zero-order valence-electron chi connectivity index (χ0n) is 19.0. The molecule has 0 aliphatic carbocycles. The zero-order valence-corrected chi connectivity index (χ0v) is 20.5. The van der Waals surface area contributed by atoms with Crippen LogP contribution in [0, 0.1) is 34.6 Å². The predicted molar refractivity (Wildman–Crippen MR) is 127 cm³/mol. The van der Waals surface area contributed by atoms with Crippen LogP contribution in [-0.2, 0) is 13.1 Å². The monoisotopic (exact) mass is 486 g/mol. The van der Waals surface area contributed by atoms with E-state index in [9.17, 15) is 4.79 Å². The maximum Gasteiger partial charge on any atom is 0.278 e. The van der Waals surface area contributed by atoms with Crippen LogP contribution in [-0.4, -0.2) is 30.6 Å². The number of nitrogens with one attached hydrogen (secondary N) is 1. The third-order valence-corrected chi connectivity index (χ3v) is 6.47. The number of halogens is 2. The molecule has 0 saturated carbocycles. The molecule has 33 heavy (non-hydrogen) atoms. The summed E-state index contributed by atoms with van der Waals surface area (Å²) in [6.07, 6.45) is 0. The Morgan fingerprint density at radius 1 is 0.939 bits per heavy atom. The molecule has 1 amide bonds. The Bertz CT molecular complexity index is 1330. The molecule has 1 N–H and O–H groups in total. The van der Waals surface area contributed by atoms with Crippen molar-refractivity contribution >= 4 is 34.8 Å². The van der Waals surface area contributed by atoms with E-state index >= 15 is 0 Å². The van der Waals surface area contributed by atoms with Gasteiger partial charge in [0, 0.05) is 10.6 Å². The third kappa shape index (κ3) is 4.54. The molecule has 0 spiro atoms. The SMILES string of the molecule is Cc1nn(Cc2c(C(=O)Nc3c(C)nn(Cc4ccc(Cl)cc4)c3C)noc2C)c(C)c1Cl. The minimum Gasteiger partial charge on any atom is -0.361 e. The largest absolute Gasteiger partial charge is 0.361 e. The summed E-state index contributed by atoms with van der Waals surface area (Å²) in [5.41, 5.74) is 5.66. The normalized spacial score (nSPS) is 11.2. The van der Waals surface area contributed by atoms with Crippen LogP contribution >= 0.6 is 23.2 Å². The van der Waals surface area contributed by atoms with Crippen molar-refractivity contribution in [2.24, 2.45) is 0 Å². The second kappa shape index (κ2) is 9.03. The highest BCUT2D eigenvalue weighted by atomic mass is 35.5. The fraction of sp³-hybridized carbons (Fsp3) is 0.304. The highest BCUT2D eigenvalue weighted by molar-refractivity contribution is 6.31. The number of rotatable bonds is 6. The minimum atomic E-state index is -0.369. The van der Waals surface area contributed by atoms with Crippen LogP contribution < -0.4 is 5.32 Å². The molecule has 172 valence electrons. The minimum absolute atomic E-state index is 0.209. The van der Waals surface area contributed by atoms with Gasteiger partial charge in [-0.1, -0.05) is 40.5 Å². The van der Waals surface area contributed by atoms with Crippen LogP contribution in [0.3, 0.4) is 0 Å². The van der Waals surface area contributed by atoms with Gasteiger partial charge in [-0.15, -0.1) is 0 Å². The first kappa shape index (κ1) is 23.1. The van der Waals surface area contributed by atoms with Crippen molar-refractivity contribution in [1.82, 2.24) is 24.7 Å². The van der Waals surface area contributed by atoms with E-state index in [1.807, 2.05) is 56.6 Å². The number of aryl methyl sites for hydroxylation is 3. The first-order chi connectivity index (χ1) is 15.7. The lowest BCUT2D eigenvalue weighted by molar-refractivity contribution is 0.101. The van der Waals surface area contributed by atoms with E-state index in [4.69, 9.17) is 27.7 Å². The Balaban J connectivity index is 1.57. The number of anilines is 1. The second-order valence-corrected chi connectivity index (χ2v) is 8.81. The number of carbonyl (C=O) groups excluding carboxylic acids is 1. The first-order valence-corrected chi connectivity index (χ1v) is 11.2. The molecular formula is C23H24Cl2N6O2. The summed E-state index contributed by atoms with van der Waals surface area (Å²) in [6, 6.07) is 7.59. The van der Waals surface area contributed by atoms with Gasteiger partial charge in [0.1, 0.15) is 5.76 Å². The Kier molecular flexibility index (Phi) is 6.32. The molecule has 0 aliphatic heterocycles. The second-order valence-electron chi connectivity index (χ2n) is 7.99. The molecule has 8 nitrogen and oxygen atoms in total. The predicted octanol–water partition coefficient (Wildman–Crippen LogP) is 5.27. The quantitative estimate of drug-likeness (QED) is 0.401. The van der Waals surface area contributed by atoms with Crippen LogP contribution in [0.4, 0.5) is 5.69 Å². The fourth-order valence-electron chi connectivity index (χ4n) is 3.70. The smallest absolute Gasteiger partial charge is 0.278 e. The molecule has 3 heterocycles. The van der Waals surface area contributed by atoms with Crippen LogP contribution in [0.15, 0.2) is 28.8 Å². The lowest BCUT2D eigenvalue weighted by Crippen LogP contribution is -2.17. The molecule has 0 saturated heterocycles. The Morgan fingerprint density at radius 2 is 1.58 bits per heavy atom. The molecule has 4 rings (SSSR count). The van der Waals surface area contributed by atoms with Gasteiger partial charge in [-0.2, -0.15) is 10.2 Å². The molecule has 0 radical (unpaired) electrons. The molecule has 0 bridgehead atoms. The standard InChI is InChI=1S/C23H24Cl2N6O2/c1-12-20(25)14(3)31(27-12)11-19-16(5)33-29-22(19)23(32)26-21-13(2)28-30(15(21)4)10-17-6-8-18(24)9-7-17/h6-9H,10-11H2,1-5H3,(H,26,32). The Labute approximate surface area is 201 Å². The number of carbonyl (C=O) groups is 1. The summed E-state index contributed by atoms with van der Waals surface area (Å²) in [4.78, 5) is 13.2. The van der Waals surface area contributed by atoms with Gasteiger partial charge in [-0.05, 0) is 52.3 Å². The first-order valence-electron chi connectivity index (χ1n) is 10.4. The number of hydrogen-bond acceptors (Lipinski definition) is 5. The summed E-state index contributed by atoms with van der Waals surface area (Å²) >= 11 is 12.3. The van der Waals surface area contributed by atoms with Crippen molar-refractivity contribution < 1.29 is 9.32 Å². The Morgan fingerprint density at radius 3 is 2.21 bits per heavy atom. The van der Waals surface area contributed by atoms with Crippen molar-refractivity contribution in [3.05, 3.63) is 79.7 Å². The highest BCUT2D eigenvalue weighted by Crippen LogP contribution is 2.25. The van der Waals surface area contributed by atoms with Crippen LogP contribution in [0.25, 0.3) is 0 Å². The van der Waals surface area contributed by atoms with Crippen molar-refractivity contribution in [2.45, 2.75) is 47.7 Å². The van der Waals surface area contributed by atoms with Gasteiger partial charge in [0.05, 0.1) is 46.6 Å². The Hall–Kier alpha value is -3.10. The number of amides is 1. The van der Waals surface area contributed by atoms with Crippen LogP contribution in [0.5, 0.6) is 0 Å². The molecule has 3 aromatic heterocycles. The lowest BCUT2D eigenvalue weighted by Gasteiger charge is -2.08. The van der Waals surface area contributed by atoms with E-state index in [-0.39, 0.29) is 11.6 Å². The maximum atomic E-state index is 13.2. The van der Waals surface area contributed by atoms with E-state index in [1.54, 1.807) is 11.6 Å². The summed E-state index contributed by atoms with van der Waals surface area (Å²) in [7, 11) is 0. The van der Waals surface area contributed by atoms with Crippen LogP contribution in [0.2, 0.25) is 10.0 Å². The zero-order chi connectivity index (χ0) is 23.9. The number of nitrogens with zero attached hydrogens (tertiary/aromatic N) is 5. The van der Waals surface area contributed by atoms with Crippen molar-refractivity contribution in [2.75, 3.05) is 5.32 Å². The molecule has 0 aliphatic rings. The van der Waals surface area contributed by atoms with Crippen molar-refractivity contribution in [3.63, 3.8) is 0 Å². The van der Waals surface area contributed by atoms with Gasteiger partial charge in [0.15, 0.2) is 5.69 Å². The summed E-state index contributed by atoms with van der Waals surface area (Å²) in [6.45, 7) is 10.1. The van der Waals surface area contributed by atoms with Gasteiger partial charge in [0.2, 0.25) is 0 Å². The molecule has 4 aromatic rings. The number of hydrogen-bond donors (Lipinski definition) is 1. The molecule has 0 fully saturated rings. The molecule has 0 unspecified atom stereocenters. The fourth-order valence-corrected chi connectivity index (χ4v) is 3.96. The van der Waals surface area contributed by atoms with Crippen LogP contribution in [0.1, 0.15) is 50.2 Å². The maximum absolute atomic E-state index is 13.2. The van der Waals surface area contributed by atoms with E-state index in [0.29, 0.717) is 45.8 Å². The van der Waals surface area contributed by atoms with E-state index in [2.05, 4.69) is 20.7 Å². The molecule has 1 aromatic carbocycles. The average Bonchev–Trinajstić information content (AvgIpc) is 3.35. The van der Waals surface area contributed by atoms with Gasteiger partial charge in [-0.25, -0.2) is 0 Å². The van der Waals surface area contributed by atoms with Gasteiger partial charge < -0.3 is 9.84 Å². The highest BCUT2D eigenvalue weighted by Gasteiger charge is 2.24. The number of benzene rings is 1. The number of aromatic nitrogens is 5. The molecular weight excluding hydrogens is 463 g/mol. The summed E-state index contributed by atoms with van der Waals surface area (Å²) in [5.74, 6) is 0.183. The van der Waals surface area contributed by atoms with E-state index < -0.39 is 0 Å².